The molecule has 4 rings (SSSR count). The number of benzene rings is 2. The van der Waals surface area contributed by atoms with Crippen molar-refractivity contribution in [1.29, 1.82) is 0 Å². The van der Waals surface area contributed by atoms with Gasteiger partial charge in [-0.25, -0.2) is 0 Å². The summed E-state index contributed by atoms with van der Waals surface area (Å²) in [5, 5.41) is 11.4. The number of anilines is 1. The smallest absolute Gasteiger partial charge is 0.279 e. The Morgan fingerprint density at radius 3 is 2.57 bits per heavy atom. The van der Waals surface area contributed by atoms with E-state index in [4.69, 9.17) is 0 Å². The molecule has 8 heteroatoms. The zero-order valence-electron chi connectivity index (χ0n) is 14.8. The second kappa shape index (κ2) is 7.65. The van der Waals surface area contributed by atoms with Crippen LogP contribution in [0.3, 0.4) is 0 Å². The third-order valence-electron chi connectivity index (χ3n) is 4.30. The minimum absolute atomic E-state index is 0.332. The number of nitrogens with zero attached hydrogens (tertiary/aromatic N) is 3. The van der Waals surface area contributed by atoms with Crippen LogP contribution in [0.2, 0.25) is 0 Å². The number of amides is 1. The van der Waals surface area contributed by atoms with Crippen molar-refractivity contribution in [1.82, 2.24) is 15.0 Å². The van der Waals surface area contributed by atoms with Gasteiger partial charge in [-0.2, -0.15) is 4.68 Å². The van der Waals surface area contributed by atoms with E-state index >= 15 is 0 Å². The van der Waals surface area contributed by atoms with E-state index in [-0.39, 0.29) is 11.5 Å². The monoisotopic (exact) mass is 454 g/mol. The molecule has 6 nitrogen and oxygen atoms in total. The van der Waals surface area contributed by atoms with E-state index in [0.29, 0.717) is 15.9 Å². The van der Waals surface area contributed by atoms with E-state index in [1.165, 1.54) is 11.3 Å². The summed E-state index contributed by atoms with van der Waals surface area (Å²) >= 11 is 4.76. The average Bonchev–Trinajstić information content (AvgIpc) is 3.15. The summed E-state index contributed by atoms with van der Waals surface area (Å²) in [5.74, 6) is -0.336. The van der Waals surface area contributed by atoms with Gasteiger partial charge < -0.3 is 5.32 Å². The van der Waals surface area contributed by atoms with Crippen LogP contribution in [0.5, 0.6) is 0 Å². The molecule has 2 heterocycles. The molecule has 140 valence electrons. The van der Waals surface area contributed by atoms with Crippen LogP contribution < -0.4 is 10.9 Å². The highest BCUT2D eigenvalue weighted by Gasteiger charge is 2.20. The first-order valence-electron chi connectivity index (χ1n) is 8.54. The molecule has 0 aliphatic carbocycles. The lowest BCUT2D eigenvalue weighted by Gasteiger charge is -2.13. The van der Waals surface area contributed by atoms with Gasteiger partial charge in [-0.15, -0.1) is 16.4 Å². The minimum Gasteiger partial charge on any atom is -0.324 e. The normalized spacial score (nSPS) is 12.1. The van der Waals surface area contributed by atoms with Crippen LogP contribution in [0.1, 0.15) is 13.0 Å². The summed E-state index contributed by atoms with van der Waals surface area (Å²) in [7, 11) is 0. The van der Waals surface area contributed by atoms with Gasteiger partial charge in [-0.3, -0.25) is 9.59 Å². The van der Waals surface area contributed by atoms with Crippen molar-refractivity contribution in [3.8, 4) is 10.4 Å². The third kappa shape index (κ3) is 3.61. The largest absolute Gasteiger partial charge is 0.324 e. The second-order valence-corrected chi connectivity index (χ2v) is 8.15. The molecular formula is C20H15BrN4O2S. The lowest BCUT2D eigenvalue weighted by Crippen LogP contribution is -2.33. The molecular weight excluding hydrogens is 440 g/mol. The maximum atomic E-state index is 12.9. The maximum Gasteiger partial charge on any atom is 0.279 e. The molecule has 2 aromatic carbocycles. The fourth-order valence-electron chi connectivity index (χ4n) is 2.75. The first-order chi connectivity index (χ1) is 13.5. The van der Waals surface area contributed by atoms with Gasteiger partial charge >= 0.3 is 0 Å². The number of fused-ring (bicyclic) bond motifs is 1. The summed E-state index contributed by atoms with van der Waals surface area (Å²) in [4.78, 5) is 27.0. The zero-order chi connectivity index (χ0) is 19.7. The van der Waals surface area contributed by atoms with Gasteiger partial charge in [0.2, 0.25) is 5.91 Å². The molecule has 0 bridgehead atoms. The minimum atomic E-state index is -0.798. The van der Waals surface area contributed by atoms with E-state index in [2.05, 4.69) is 31.6 Å². The highest BCUT2D eigenvalue weighted by atomic mass is 79.9. The number of aromatic nitrogens is 3. The molecule has 1 atom stereocenters. The van der Waals surface area contributed by atoms with Crippen LogP contribution in [0.15, 0.2) is 69.9 Å². The van der Waals surface area contributed by atoms with Crippen molar-refractivity contribution in [3.05, 3.63) is 75.5 Å². The van der Waals surface area contributed by atoms with Crippen LogP contribution in [0, 0.1) is 0 Å². The molecule has 1 amide bonds. The van der Waals surface area contributed by atoms with Crippen LogP contribution in [0.25, 0.3) is 20.7 Å². The fourth-order valence-corrected chi connectivity index (χ4v) is 3.99. The van der Waals surface area contributed by atoms with Gasteiger partial charge in [0.1, 0.15) is 6.04 Å². The molecule has 1 N–H and O–H groups in total. The Kier molecular flexibility index (Phi) is 5.06. The number of nitrogens with one attached hydrogen (secondary N) is 1. The molecule has 0 fully saturated rings. The second-order valence-electron chi connectivity index (χ2n) is 6.21. The first-order valence-corrected chi connectivity index (χ1v) is 10.1. The van der Waals surface area contributed by atoms with Gasteiger partial charge in [-0.05, 0) is 42.8 Å². The summed E-state index contributed by atoms with van der Waals surface area (Å²) in [5.41, 5.74) is 1.32. The van der Waals surface area contributed by atoms with Gasteiger partial charge in [-0.1, -0.05) is 51.5 Å². The van der Waals surface area contributed by atoms with Crippen LogP contribution in [0.4, 0.5) is 5.69 Å². The Balaban J connectivity index is 1.64. The molecule has 0 aliphatic rings. The molecule has 0 saturated carbocycles. The summed E-state index contributed by atoms with van der Waals surface area (Å²) in [6.07, 6.45) is 0. The van der Waals surface area contributed by atoms with E-state index in [1.807, 2.05) is 48.5 Å². The van der Waals surface area contributed by atoms with Crippen LogP contribution >= 0.6 is 27.3 Å². The quantitative estimate of drug-likeness (QED) is 0.492. The Bertz CT molecular complexity index is 1200. The van der Waals surface area contributed by atoms with E-state index in [9.17, 15) is 9.59 Å². The molecule has 0 saturated heterocycles. The van der Waals surface area contributed by atoms with Gasteiger partial charge in [0.15, 0.2) is 4.83 Å². The third-order valence-corrected chi connectivity index (χ3v) is 5.90. The summed E-state index contributed by atoms with van der Waals surface area (Å²) in [6, 6.07) is 18.0. The fraction of sp³-hybridized carbons (Fsp3) is 0.100. The summed E-state index contributed by atoms with van der Waals surface area (Å²) < 4.78 is 2.04. The van der Waals surface area contributed by atoms with Crippen LogP contribution in [-0.4, -0.2) is 20.9 Å². The predicted molar refractivity (Wildman–Crippen MR) is 115 cm³/mol. The molecule has 2 aromatic heterocycles. The Hall–Kier alpha value is -2.84. The maximum absolute atomic E-state index is 12.9. The van der Waals surface area contributed by atoms with Crippen molar-refractivity contribution in [3.63, 3.8) is 0 Å². The molecule has 4 aromatic rings. The van der Waals surface area contributed by atoms with Crippen molar-refractivity contribution >= 4 is 49.1 Å². The average molecular weight is 455 g/mol. The van der Waals surface area contributed by atoms with Gasteiger partial charge in [0.05, 0.1) is 5.39 Å². The number of rotatable bonds is 4. The van der Waals surface area contributed by atoms with E-state index in [0.717, 1.165) is 19.6 Å². The number of carbonyl (C=O) groups is 1. The van der Waals surface area contributed by atoms with E-state index in [1.54, 1.807) is 19.1 Å². The number of halogens is 1. The SMILES string of the molecule is C[C@H](C(=O)Nc1ccc(Br)cc1)n1nnc2sc(-c3ccccc3)cc2c1=O. The van der Waals surface area contributed by atoms with Crippen LogP contribution in [-0.2, 0) is 4.79 Å². The molecule has 28 heavy (non-hydrogen) atoms. The standard InChI is InChI=1S/C20H15BrN4O2S/c1-12(18(26)22-15-9-7-14(21)8-10-15)25-20(27)16-11-17(28-19(16)23-24-25)13-5-3-2-4-6-13/h2-12H,1H3,(H,22,26)/t12-/m1/s1. The molecule has 0 spiro atoms. The van der Waals surface area contributed by atoms with E-state index < -0.39 is 6.04 Å². The number of carbonyl (C=O) groups excluding carboxylic acids is 1. The number of thiophene rings is 1. The summed E-state index contributed by atoms with van der Waals surface area (Å²) in [6.45, 7) is 1.63. The Labute approximate surface area is 173 Å². The van der Waals surface area contributed by atoms with Crippen molar-refractivity contribution in [2.45, 2.75) is 13.0 Å². The zero-order valence-corrected chi connectivity index (χ0v) is 17.2. The van der Waals surface area contributed by atoms with Gasteiger partial charge in [0.25, 0.3) is 5.56 Å². The Morgan fingerprint density at radius 1 is 1.14 bits per heavy atom. The van der Waals surface area contributed by atoms with Crippen molar-refractivity contribution in [2.24, 2.45) is 0 Å². The highest BCUT2D eigenvalue weighted by Crippen LogP contribution is 2.30. The lowest BCUT2D eigenvalue weighted by atomic mass is 10.2. The number of hydrogen-bond donors (Lipinski definition) is 1. The van der Waals surface area contributed by atoms with Crippen molar-refractivity contribution in [2.75, 3.05) is 5.32 Å². The predicted octanol–water partition coefficient (Wildman–Crippen LogP) is 4.48. The topological polar surface area (TPSA) is 76.9 Å². The lowest BCUT2D eigenvalue weighted by molar-refractivity contribution is -0.119. The van der Waals surface area contributed by atoms with Crippen molar-refractivity contribution < 1.29 is 4.79 Å². The first kappa shape index (κ1) is 18.5. The highest BCUT2D eigenvalue weighted by molar-refractivity contribution is 9.10. The Morgan fingerprint density at radius 2 is 1.86 bits per heavy atom. The molecule has 0 aliphatic heterocycles. The van der Waals surface area contributed by atoms with Gasteiger partial charge in [0, 0.05) is 15.0 Å². The molecule has 0 radical (unpaired) electrons. The number of hydrogen-bond acceptors (Lipinski definition) is 5. The molecule has 0 unspecified atom stereocenters.